The minimum absolute atomic E-state index is 0.0788. The number of nitrogens with one attached hydrogen (secondary N) is 1. The van der Waals surface area contributed by atoms with E-state index in [9.17, 15) is 9.90 Å². The lowest BCUT2D eigenvalue weighted by Crippen LogP contribution is -2.14. The fourth-order valence-corrected chi connectivity index (χ4v) is 4.08. The third-order valence-electron chi connectivity index (χ3n) is 5.68. The van der Waals surface area contributed by atoms with Crippen LogP contribution in [0.15, 0.2) is 51.8 Å². The minimum Gasteiger partial charge on any atom is -0.506 e. The van der Waals surface area contributed by atoms with Crippen LogP contribution >= 0.6 is 11.6 Å². The summed E-state index contributed by atoms with van der Waals surface area (Å²) in [5.41, 5.74) is 1.80. The van der Waals surface area contributed by atoms with Crippen molar-refractivity contribution in [3.05, 3.63) is 74.9 Å². The standard InChI is InChI=1S/C26H26ClN3O5/c1-4-5-7-17-21(22-18(33-2)8-6-9-19(22)34-3)24(31)23(25(32)28-17)26-29-20(30-35-26)14-15-10-12-16(27)13-11-15/h6,8-13H,4-5,7,14H2,1-3H3,(H2,28,31,32). The summed E-state index contributed by atoms with van der Waals surface area (Å²) in [5, 5.41) is 16.1. The summed E-state index contributed by atoms with van der Waals surface area (Å²) >= 11 is 5.95. The van der Waals surface area contributed by atoms with E-state index in [1.807, 2.05) is 12.1 Å². The van der Waals surface area contributed by atoms with Crippen molar-refractivity contribution in [2.45, 2.75) is 32.6 Å². The number of aromatic nitrogens is 3. The van der Waals surface area contributed by atoms with Gasteiger partial charge in [-0.15, -0.1) is 0 Å². The van der Waals surface area contributed by atoms with Crippen molar-refractivity contribution in [1.29, 1.82) is 0 Å². The number of hydrogen-bond donors (Lipinski definition) is 2. The van der Waals surface area contributed by atoms with Crippen molar-refractivity contribution >= 4 is 11.6 Å². The highest BCUT2D eigenvalue weighted by Crippen LogP contribution is 2.46. The first-order valence-corrected chi connectivity index (χ1v) is 11.6. The second-order valence-electron chi connectivity index (χ2n) is 7.99. The van der Waals surface area contributed by atoms with Gasteiger partial charge >= 0.3 is 0 Å². The number of aryl methyl sites for hydroxylation is 1. The lowest BCUT2D eigenvalue weighted by atomic mass is 9.96. The van der Waals surface area contributed by atoms with Gasteiger partial charge in [0.05, 0.1) is 25.3 Å². The van der Waals surface area contributed by atoms with Gasteiger partial charge in [-0.25, -0.2) is 0 Å². The number of aromatic amines is 1. The van der Waals surface area contributed by atoms with Crippen LogP contribution in [0.25, 0.3) is 22.6 Å². The first-order chi connectivity index (χ1) is 17.0. The molecule has 2 aromatic carbocycles. The molecule has 2 heterocycles. The number of ether oxygens (including phenoxy) is 2. The molecule has 0 aliphatic heterocycles. The zero-order chi connectivity index (χ0) is 24.9. The van der Waals surface area contributed by atoms with Crippen molar-refractivity contribution in [2.75, 3.05) is 14.2 Å². The molecule has 0 spiro atoms. The number of methoxy groups -OCH3 is 2. The zero-order valence-electron chi connectivity index (χ0n) is 19.7. The summed E-state index contributed by atoms with van der Waals surface area (Å²) in [6.45, 7) is 2.05. The molecule has 8 nitrogen and oxygen atoms in total. The number of halogens is 1. The molecule has 182 valence electrons. The normalized spacial score (nSPS) is 11.0. The number of aromatic hydroxyl groups is 1. The Labute approximate surface area is 207 Å². The lowest BCUT2D eigenvalue weighted by Gasteiger charge is -2.18. The molecule has 0 aliphatic rings. The van der Waals surface area contributed by atoms with Gasteiger partial charge in [0.15, 0.2) is 5.82 Å². The molecule has 4 aromatic rings. The van der Waals surface area contributed by atoms with Gasteiger partial charge in [0.2, 0.25) is 0 Å². The molecule has 4 rings (SSSR count). The van der Waals surface area contributed by atoms with Gasteiger partial charge < -0.3 is 24.1 Å². The summed E-state index contributed by atoms with van der Waals surface area (Å²) in [6, 6.07) is 12.6. The number of unbranched alkanes of at least 4 members (excludes halogenated alkanes) is 1. The summed E-state index contributed by atoms with van der Waals surface area (Å²) in [6.07, 6.45) is 2.64. The van der Waals surface area contributed by atoms with Crippen LogP contribution in [-0.2, 0) is 12.8 Å². The summed E-state index contributed by atoms with van der Waals surface area (Å²) in [7, 11) is 3.07. The molecule has 0 fully saturated rings. The Kier molecular flexibility index (Phi) is 7.41. The summed E-state index contributed by atoms with van der Waals surface area (Å²) < 4.78 is 16.5. The third kappa shape index (κ3) is 5.02. The number of rotatable bonds is 9. The average Bonchev–Trinajstić information content (AvgIpc) is 3.31. The number of H-pyrrole nitrogens is 1. The number of hydrogen-bond acceptors (Lipinski definition) is 7. The van der Waals surface area contributed by atoms with Crippen LogP contribution in [0, 0.1) is 0 Å². The van der Waals surface area contributed by atoms with E-state index >= 15 is 0 Å². The van der Waals surface area contributed by atoms with Gasteiger partial charge in [-0.3, -0.25) is 4.79 Å². The van der Waals surface area contributed by atoms with E-state index in [2.05, 4.69) is 22.0 Å². The maximum atomic E-state index is 13.1. The number of benzene rings is 2. The maximum Gasteiger partial charge on any atom is 0.267 e. The van der Waals surface area contributed by atoms with Gasteiger partial charge in [0.1, 0.15) is 22.8 Å². The Morgan fingerprint density at radius 3 is 2.34 bits per heavy atom. The molecule has 0 aliphatic carbocycles. The maximum absolute atomic E-state index is 13.1. The summed E-state index contributed by atoms with van der Waals surface area (Å²) in [4.78, 5) is 20.4. The van der Waals surface area contributed by atoms with Gasteiger partial charge in [-0.05, 0) is 42.7 Å². The van der Waals surface area contributed by atoms with Crippen LogP contribution in [-0.4, -0.2) is 34.5 Å². The zero-order valence-corrected chi connectivity index (χ0v) is 20.5. The Balaban J connectivity index is 1.86. The first kappa shape index (κ1) is 24.3. The van der Waals surface area contributed by atoms with E-state index in [1.165, 1.54) is 14.2 Å². The molecule has 0 atom stereocenters. The molecule has 0 saturated carbocycles. The molecule has 9 heteroatoms. The van der Waals surface area contributed by atoms with Gasteiger partial charge in [0.25, 0.3) is 11.4 Å². The molecular formula is C26H26ClN3O5. The second kappa shape index (κ2) is 10.7. The molecule has 2 N–H and O–H groups in total. The van der Waals surface area contributed by atoms with E-state index in [1.54, 1.807) is 30.3 Å². The lowest BCUT2D eigenvalue weighted by molar-refractivity contribution is 0.396. The SMILES string of the molecule is CCCCc1[nH]c(=O)c(-c2nc(Cc3ccc(Cl)cc3)no2)c(O)c1-c1c(OC)cccc1OC. The first-order valence-electron chi connectivity index (χ1n) is 11.2. The highest BCUT2D eigenvalue weighted by Gasteiger charge is 2.27. The Morgan fingerprint density at radius 1 is 1.03 bits per heavy atom. The molecule has 0 bridgehead atoms. The van der Waals surface area contributed by atoms with E-state index in [0.717, 1.165) is 18.4 Å². The molecular weight excluding hydrogens is 470 g/mol. The van der Waals surface area contributed by atoms with Gasteiger partial charge in [-0.2, -0.15) is 4.98 Å². The fourth-order valence-electron chi connectivity index (χ4n) is 3.96. The van der Waals surface area contributed by atoms with Crippen molar-refractivity contribution in [3.8, 4) is 39.8 Å². The van der Waals surface area contributed by atoms with Crippen LogP contribution in [0.5, 0.6) is 17.2 Å². The number of nitrogens with zero attached hydrogens (tertiary/aromatic N) is 2. The summed E-state index contributed by atoms with van der Waals surface area (Å²) in [5.74, 6) is 0.996. The van der Waals surface area contributed by atoms with E-state index in [0.29, 0.717) is 52.0 Å². The Bertz CT molecular complexity index is 1360. The van der Waals surface area contributed by atoms with E-state index in [-0.39, 0.29) is 17.2 Å². The van der Waals surface area contributed by atoms with Crippen LogP contribution < -0.4 is 15.0 Å². The molecule has 0 amide bonds. The largest absolute Gasteiger partial charge is 0.506 e. The smallest absolute Gasteiger partial charge is 0.267 e. The minimum atomic E-state index is -0.520. The van der Waals surface area contributed by atoms with Crippen LogP contribution in [0.3, 0.4) is 0 Å². The molecule has 0 saturated heterocycles. The topological polar surface area (TPSA) is 110 Å². The molecule has 0 radical (unpaired) electrons. The van der Waals surface area contributed by atoms with Crippen LogP contribution in [0.2, 0.25) is 5.02 Å². The third-order valence-corrected chi connectivity index (χ3v) is 5.93. The Morgan fingerprint density at radius 2 is 1.71 bits per heavy atom. The highest BCUT2D eigenvalue weighted by atomic mass is 35.5. The second-order valence-corrected chi connectivity index (χ2v) is 8.43. The fraction of sp³-hybridized carbons (Fsp3) is 0.269. The van der Waals surface area contributed by atoms with Gasteiger partial charge in [-0.1, -0.05) is 48.3 Å². The highest BCUT2D eigenvalue weighted by molar-refractivity contribution is 6.30. The predicted octanol–water partition coefficient (Wildman–Crippen LogP) is 5.40. The monoisotopic (exact) mass is 495 g/mol. The molecule has 0 unspecified atom stereocenters. The van der Waals surface area contributed by atoms with Crippen LogP contribution in [0.4, 0.5) is 0 Å². The van der Waals surface area contributed by atoms with E-state index in [4.69, 9.17) is 25.6 Å². The van der Waals surface area contributed by atoms with E-state index < -0.39 is 5.56 Å². The molecule has 35 heavy (non-hydrogen) atoms. The van der Waals surface area contributed by atoms with Crippen molar-refractivity contribution in [2.24, 2.45) is 0 Å². The number of pyridine rings is 1. The molecule has 2 aromatic heterocycles. The van der Waals surface area contributed by atoms with Crippen molar-refractivity contribution in [3.63, 3.8) is 0 Å². The van der Waals surface area contributed by atoms with Crippen molar-refractivity contribution < 1.29 is 19.1 Å². The average molecular weight is 496 g/mol. The van der Waals surface area contributed by atoms with Crippen LogP contribution in [0.1, 0.15) is 36.8 Å². The van der Waals surface area contributed by atoms with Gasteiger partial charge in [0, 0.05) is 17.1 Å². The quantitative estimate of drug-likeness (QED) is 0.319. The van der Waals surface area contributed by atoms with Crippen molar-refractivity contribution in [1.82, 2.24) is 15.1 Å². The Hall–Kier alpha value is -3.78. The predicted molar refractivity (Wildman–Crippen MR) is 133 cm³/mol.